The lowest BCUT2D eigenvalue weighted by Gasteiger charge is -2.18. The van der Waals surface area contributed by atoms with Crippen LogP contribution in [0.25, 0.3) is 0 Å². The number of aromatic amines is 1. The van der Waals surface area contributed by atoms with Crippen LogP contribution >= 0.6 is 11.6 Å². The summed E-state index contributed by atoms with van der Waals surface area (Å²) in [5.41, 5.74) is 1.39. The number of ether oxygens (including phenoxy) is 1. The summed E-state index contributed by atoms with van der Waals surface area (Å²) < 4.78 is 5.89. The van der Waals surface area contributed by atoms with E-state index in [9.17, 15) is 4.79 Å². The lowest BCUT2D eigenvalue weighted by atomic mass is 10.3. The minimum Gasteiger partial charge on any atom is -0.372 e. The SMILES string of the molecule is O=c1[nH]ncc(N2CCC(OCc3ccncc3)C2)c1Cl. The number of H-pyrrole nitrogens is 1. The molecule has 3 rings (SSSR count). The van der Waals surface area contributed by atoms with Crippen molar-refractivity contribution in [3.05, 3.63) is 51.7 Å². The van der Waals surface area contributed by atoms with E-state index < -0.39 is 0 Å². The highest BCUT2D eigenvalue weighted by Crippen LogP contribution is 2.26. The molecule has 6 nitrogen and oxygen atoms in total. The Bertz CT molecular complexity index is 662. The number of nitrogens with zero attached hydrogens (tertiary/aromatic N) is 3. The van der Waals surface area contributed by atoms with E-state index in [1.807, 2.05) is 17.0 Å². The molecule has 0 bridgehead atoms. The number of halogens is 1. The first-order chi connectivity index (χ1) is 10.2. The minimum atomic E-state index is -0.365. The first-order valence-corrected chi connectivity index (χ1v) is 7.10. The fraction of sp³-hybridized carbons (Fsp3) is 0.357. The molecular formula is C14H15ClN4O2. The van der Waals surface area contributed by atoms with Crippen LogP contribution in [0, 0.1) is 0 Å². The standard InChI is InChI=1S/C14H15ClN4O2/c15-13-12(7-17-18-14(13)20)19-6-3-11(8-19)21-9-10-1-4-16-5-2-10/h1-2,4-5,7,11H,3,6,8-9H2,(H,18,20). The van der Waals surface area contributed by atoms with Crippen molar-refractivity contribution in [2.45, 2.75) is 19.1 Å². The molecule has 1 atom stereocenters. The van der Waals surface area contributed by atoms with Gasteiger partial charge in [0.2, 0.25) is 0 Å². The molecule has 1 aliphatic heterocycles. The number of hydrogen-bond acceptors (Lipinski definition) is 5. The van der Waals surface area contributed by atoms with Crippen molar-refractivity contribution in [1.29, 1.82) is 0 Å². The van der Waals surface area contributed by atoms with Crippen molar-refractivity contribution in [2.24, 2.45) is 0 Å². The lowest BCUT2D eigenvalue weighted by molar-refractivity contribution is 0.0553. The van der Waals surface area contributed by atoms with Gasteiger partial charge in [0, 0.05) is 25.5 Å². The Labute approximate surface area is 126 Å². The van der Waals surface area contributed by atoms with Crippen LogP contribution in [0.2, 0.25) is 5.02 Å². The molecule has 3 heterocycles. The third-order valence-corrected chi connectivity index (χ3v) is 3.86. The quantitative estimate of drug-likeness (QED) is 0.929. The fourth-order valence-corrected chi connectivity index (χ4v) is 2.58. The molecule has 1 unspecified atom stereocenters. The van der Waals surface area contributed by atoms with Gasteiger partial charge in [-0.1, -0.05) is 11.6 Å². The molecule has 7 heteroatoms. The second-order valence-electron chi connectivity index (χ2n) is 4.92. The molecule has 21 heavy (non-hydrogen) atoms. The van der Waals surface area contributed by atoms with E-state index in [0.29, 0.717) is 18.8 Å². The molecule has 1 N–H and O–H groups in total. The van der Waals surface area contributed by atoms with Crippen LogP contribution in [0.5, 0.6) is 0 Å². The Kier molecular flexibility index (Phi) is 4.17. The first kappa shape index (κ1) is 14.0. The van der Waals surface area contributed by atoms with Gasteiger partial charge in [-0.3, -0.25) is 9.78 Å². The van der Waals surface area contributed by atoms with E-state index in [-0.39, 0.29) is 16.7 Å². The third kappa shape index (κ3) is 3.22. The molecule has 0 radical (unpaired) electrons. The van der Waals surface area contributed by atoms with E-state index in [4.69, 9.17) is 16.3 Å². The van der Waals surface area contributed by atoms with E-state index >= 15 is 0 Å². The van der Waals surface area contributed by atoms with Crippen molar-refractivity contribution < 1.29 is 4.74 Å². The van der Waals surface area contributed by atoms with Crippen LogP contribution in [0.4, 0.5) is 5.69 Å². The maximum Gasteiger partial charge on any atom is 0.285 e. The maximum absolute atomic E-state index is 11.5. The number of anilines is 1. The second kappa shape index (κ2) is 6.24. The Morgan fingerprint density at radius 1 is 1.43 bits per heavy atom. The predicted octanol–water partition coefficient (Wildman–Crippen LogP) is 1.61. The van der Waals surface area contributed by atoms with E-state index in [2.05, 4.69) is 15.2 Å². The number of hydrogen-bond donors (Lipinski definition) is 1. The van der Waals surface area contributed by atoms with Crippen LogP contribution in [-0.4, -0.2) is 34.4 Å². The normalized spacial score (nSPS) is 18.1. The van der Waals surface area contributed by atoms with Crippen LogP contribution < -0.4 is 10.5 Å². The summed E-state index contributed by atoms with van der Waals surface area (Å²) >= 11 is 6.02. The van der Waals surface area contributed by atoms with Crippen LogP contribution in [0.3, 0.4) is 0 Å². The van der Waals surface area contributed by atoms with Gasteiger partial charge in [-0.2, -0.15) is 5.10 Å². The van der Waals surface area contributed by atoms with Gasteiger partial charge in [-0.05, 0) is 24.1 Å². The summed E-state index contributed by atoms with van der Waals surface area (Å²) in [6.07, 6.45) is 6.10. The number of nitrogens with one attached hydrogen (secondary N) is 1. The molecule has 1 fully saturated rings. The van der Waals surface area contributed by atoms with Crippen molar-refractivity contribution in [2.75, 3.05) is 18.0 Å². The average Bonchev–Trinajstić information content (AvgIpc) is 2.98. The molecule has 1 saturated heterocycles. The lowest BCUT2D eigenvalue weighted by Crippen LogP contribution is -2.25. The topological polar surface area (TPSA) is 71.1 Å². The second-order valence-corrected chi connectivity index (χ2v) is 5.30. The molecule has 1 aliphatic rings. The molecular weight excluding hydrogens is 292 g/mol. The average molecular weight is 307 g/mol. The van der Waals surface area contributed by atoms with Gasteiger partial charge in [0.15, 0.2) is 0 Å². The maximum atomic E-state index is 11.5. The molecule has 2 aromatic rings. The number of rotatable bonds is 4. The van der Waals surface area contributed by atoms with Crippen molar-refractivity contribution in [3.63, 3.8) is 0 Å². The Morgan fingerprint density at radius 2 is 2.24 bits per heavy atom. The first-order valence-electron chi connectivity index (χ1n) is 6.72. The highest BCUT2D eigenvalue weighted by Gasteiger charge is 2.25. The summed E-state index contributed by atoms with van der Waals surface area (Å²) in [5, 5.41) is 6.30. The zero-order chi connectivity index (χ0) is 14.7. The van der Waals surface area contributed by atoms with Gasteiger partial charge in [0.1, 0.15) is 5.02 Å². The third-order valence-electron chi connectivity index (χ3n) is 3.50. The minimum absolute atomic E-state index is 0.119. The summed E-state index contributed by atoms with van der Waals surface area (Å²) in [6, 6.07) is 3.87. The van der Waals surface area contributed by atoms with Gasteiger partial charge < -0.3 is 9.64 Å². The summed E-state index contributed by atoms with van der Waals surface area (Å²) in [7, 11) is 0. The summed E-state index contributed by atoms with van der Waals surface area (Å²) in [4.78, 5) is 17.5. The zero-order valence-electron chi connectivity index (χ0n) is 11.3. The van der Waals surface area contributed by atoms with Gasteiger partial charge in [0.05, 0.1) is 24.6 Å². The summed E-state index contributed by atoms with van der Waals surface area (Å²) in [6.45, 7) is 2.06. The number of aromatic nitrogens is 3. The molecule has 0 spiro atoms. The molecule has 0 amide bonds. The zero-order valence-corrected chi connectivity index (χ0v) is 12.1. The highest BCUT2D eigenvalue weighted by atomic mass is 35.5. The van der Waals surface area contributed by atoms with E-state index in [0.717, 1.165) is 18.5 Å². The highest BCUT2D eigenvalue weighted by molar-refractivity contribution is 6.33. The van der Waals surface area contributed by atoms with Crippen molar-refractivity contribution in [3.8, 4) is 0 Å². The van der Waals surface area contributed by atoms with Crippen molar-refractivity contribution >= 4 is 17.3 Å². The largest absolute Gasteiger partial charge is 0.372 e. The van der Waals surface area contributed by atoms with Gasteiger partial charge in [0.25, 0.3) is 5.56 Å². The number of pyridine rings is 1. The van der Waals surface area contributed by atoms with E-state index in [1.54, 1.807) is 18.6 Å². The van der Waals surface area contributed by atoms with Crippen LogP contribution in [-0.2, 0) is 11.3 Å². The van der Waals surface area contributed by atoms with Gasteiger partial charge in [-0.25, -0.2) is 5.10 Å². The Hall–Kier alpha value is -1.92. The predicted molar refractivity (Wildman–Crippen MR) is 79.5 cm³/mol. The molecule has 110 valence electrons. The van der Waals surface area contributed by atoms with Gasteiger partial charge in [-0.15, -0.1) is 0 Å². The monoisotopic (exact) mass is 306 g/mol. The van der Waals surface area contributed by atoms with E-state index in [1.165, 1.54) is 0 Å². The molecule has 2 aromatic heterocycles. The smallest absolute Gasteiger partial charge is 0.285 e. The van der Waals surface area contributed by atoms with Crippen LogP contribution in [0.1, 0.15) is 12.0 Å². The molecule has 0 aliphatic carbocycles. The fourth-order valence-electron chi connectivity index (χ4n) is 2.37. The molecule has 0 saturated carbocycles. The molecule has 0 aromatic carbocycles. The summed E-state index contributed by atoms with van der Waals surface area (Å²) in [5.74, 6) is 0. The van der Waals surface area contributed by atoms with Crippen LogP contribution in [0.15, 0.2) is 35.5 Å². The Balaban J connectivity index is 1.61. The Morgan fingerprint density at radius 3 is 3.05 bits per heavy atom. The van der Waals surface area contributed by atoms with Crippen molar-refractivity contribution in [1.82, 2.24) is 15.2 Å². The van der Waals surface area contributed by atoms with Gasteiger partial charge >= 0.3 is 0 Å².